The predicted octanol–water partition coefficient (Wildman–Crippen LogP) is 1.11. The fourth-order valence-electron chi connectivity index (χ4n) is 2.78. The van der Waals surface area contributed by atoms with E-state index in [0.717, 1.165) is 25.8 Å². The van der Waals surface area contributed by atoms with Crippen molar-refractivity contribution in [3.63, 3.8) is 0 Å². The highest BCUT2D eigenvalue weighted by Gasteiger charge is 2.44. The van der Waals surface area contributed by atoms with Crippen LogP contribution in [0, 0.1) is 0 Å². The molecule has 0 radical (unpaired) electrons. The Morgan fingerprint density at radius 2 is 2.00 bits per heavy atom. The highest BCUT2D eigenvalue weighted by Crippen LogP contribution is 2.31. The van der Waals surface area contributed by atoms with E-state index in [1.165, 1.54) is 0 Å². The number of carbonyl (C=O) groups is 1. The SMILES string of the molecule is CC(C)(C)OC(=O)N1CCC2(CC1)NCCC2O. The molecule has 2 heterocycles. The molecule has 0 aromatic rings. The molecule has 2 aliphatic rings. The molecule has 0 aromatic heterocycles. The van der Waals surface area contributed by atoms with Crippen molar-refractivity contribution in [3.05, 3.63) is 0 Å². The largest absolute Gasteiger partial charge is 0.444 e. The normalized spacial score (nSPS) is 27.6. The molecule has 2 rings (SSSR count). The van der Waals surface area contributed by atoms with Crippen molar-refractivity contribution >= 4 is 6.09 Å². The number of rotatable bonds is 0. The summed E-state index contributed by atoms with van der Waals surface area (Å²) in [6, 6.07) is 0. The minimum absolute atomic E-state index is 0.168. The van der Waals surface area contributed by atoms with Crippen LogP contribution in [0.15, 0.2) is 0 Å². The average Bonchev–Trinajstić information content (AvgIpc) is 2.59. The lowest BCUT2D eigenvalue weighted by Gasteiger charge is -2.41. The first kappa shape index (κ1) is 13.6. The number of aliphatic hydroxyl groups is 1. The van der Waals surface area contributed by atoms with E-state index in [2.05, 4.69) is 5.32 Å². The van der Waals surface area contributed by atoms with Crippen LogP contribution < -0.4 is 5.32 Å². The van der Waals surface area contributed by atoms with Crippen molar-refractivity contribution in [2.24, 2.45) is 0 Å². The van der Waals surface area contributed by atoms with Crippen LogP contribution >= 0.6 is 0 Å². The Balaban J connectivity index is 1.89. The minimum atomic E-state index is -0.447. The van der Waals surface area contributed by atoms with Gasteiger partial charge in [0.25, 0.3) is 0 Å². The number of amides is 1. The van der Waals surface area contributed by atoms with Crippen molar-refractivity contribution < 1.29 is 14.6 Å². The van der Waals surface area contributed by atoms with Gasteiger partial charge in [0.2, 0.25) is 0 Å². The smallest absolute Gasteiger partial charge is 0.410 e. The third-order valence-electron chi connectivity index (χ3n) is 3.84. The highest BCUT2D eigenvalue weighted by molar-refractivity contribution is 5.68. The molecule has 0 saturated carbocycles. The summed E-state index contributed by atoms with van der Waals surface area (Å²) in [6.07, 6.45) is 1.89. The van der Waals surface area contributed by atoms with Gasteiger partial charge in [-0.2, -0.15) is 0 Å². The molecule has 5 heteroatoms. The van der Waals surface area contributed by atoms with Crippen LogP contribution in [-0.2, 0) is 4.74 Å². The standard InChI is InChI=1S/C13H24N2O3/c1-12(2,3)18-11(17)15-8-5-13(6-9-15)10(16)4-7-14-13/h10,14,16H,4-9H2,1-3H3. The first-order valence-electron chi connectivity index (χ1n) is 6.73. The summed E-state index contributed by atoms with van der Waals surface area (Å²) in [5.74, 6) is 0. The number of hydrogen-bond acceptors (Lipinski definition) is 4. The third-order valence-corrected chi connectivity index (χ3v) is 3.84. The van der Waals surface area contributed by atoms with Crippen LogP contribution in [0.4, 0.5) is 4.79 Å². The Bertz CT molecular complexity index is 317. The lowest BCUT2D eigenvalue weighted by Crippen LogP contribution is -2.56. The summed E-state index contributed by atoms with van der Waals surface area (Å²) >= 11 is 0. The minimum Gasteiger partial charge on any atom is -0.444 e. The zero-order valence-corrected chi connectivity index (χ0v) is 11.5. The number of piperidine rings is 1. The summed E-state index contributed by atoms with van der Waals surface area (Å²) in [5, 5.41) is 13.4. The molecule has 1 atom stereocenters. The Morgan fingerprint density at radius 3 is 2.44 bits per heavy atom. The second-order valence-electron chi connectivity index (χ2n) is 6.35. The Labute approximate surface area is 108 Å². The lowest BCUT2D eigenvalue weighted by molar-refractivity contribution is 0.00283. The Hall–Kier alpha value is -0.810. The molecular weight excluding hydrogens is 232 g/mol. The van der Waals surface area contributed by atoms with Gasteiger partial charge >= 0.3 is 6.09 Å². The maximum atomic E-state index is 11.9. The predicted molar refractivity (Wildman–Crippen MR) is 68.4 cm³/mol. The molecule has 1 spiro atoms. The number of carbonyl (C=O) groups excluding carboxylic acids is 1. The number of likely N-dealkylation sites (tertiary alicyclic amines) is 1. The van der Waals surface area contributed by atoms with Crippen molar-refractivity contribution in [2.75, 3.05) is 19.6 Å². The Morgan fingerprint density at radius 1 is 1.39 bits per heavy atom. The zero-order chi connectivity index (χ0) is 13.4. The second kappa shape index (κ2) is 4.70. The number of ether oxygens (including phenoxy) is 1. The van der Waals surface area contributed by atoms with Crippen molar-refractivity contribution in [3.8, 4) is 0 Å². The van der Waals surface area contributed by atoms with Crippen LogP contribution in [0.2, 0.25) is 0 Å². The van der Waals surface area contributed by atoms with Crippen LogP contribution in [0.1, 0.15) is 40.0 Å². The van der Waals surface area contributed by atoms with Gasteiger partial charge in [0.1, 0.15) is 5.60 Å². The molecular formula is C13H24N2O3. The van der Waals surface area contributed by atoms with Gasteiger partial charge in [-0.3, -0.25) is 0 Å². The monoisotopic (exact) mass is 256 g/mol. The van der Waals surface area contributed by atoms with Gasteiger partial charge in [0.15, 0.2) is 0 Å². The lowest BCUT2D eigenvalue weighted by atomic mass is 9.84. The molecule has 1 amide bonds. The summed E-state index contributed by atoms with van der Waals surface area (Å²) in [6.45, 7) is 7.79. The van der Waals surface area contributed by atoms with E-state index in [-0.39, 0.29) is 17.7 Å². The summed E-state index contributed by atoms with van der Waals surface area (Å²) in [5.41, 5.74) is -0.615. The fourth-order valence-corrected chi connectivity index (χ4v) is 2.78. The summed E-state index contributed by atoms with van der Waals surface area (Å²) in [7, 11) is 0. The quantitative estimate of drug-likeness (QED) is 0.681. The number of nitrogens with one attached hydrogen (secondary N) is 1. The van der Waals surface area contributed by atoms with E-state index in [9.17, 15) is 9.90 Å². The van der Waals surface area contributed by atoms with E-state index in [1.807, 2.05) is 20.8 Å². The maximum absolute atomic E-state index is 11.9. The van der Waals surface area contributed by atoms with Crippen LogP contribution in [0.25, 0.3) is 0 Å². The highest BCUT2D eigenvalue weighted by atomic mass is 16.6. The zero-order valence-electron chi connectivity index (χ0n) is 11.5. The van der Waals surface area contributed by atoms with E-state index in [4.69, 9.17) is 4.74 Å². The molecule has 0 aromatic carbocycles. The first-order valence-corrected chi connectivity index (χ1v) is 6.73. The van der Waals surface area contributed by atoms with Gasteiger partial charge in [-0.25, -0.2) is 4.79 Å². The molecule has 0 aliphatic carbocycles. The van der Waals surface area contributed by atoms with Crippen molar-refractivity contribution in [1.29, 1.82) is 0 Å². The Kier molecular flexibility index (Phi) is 3.56. The molecule has 2 saturated heterocycles. The van der Waals surface area contributed by atoms with Crippen LogP contribution in [0.3, 0.4) is 0 Å². The van der Waals surface area contributed by atoms with Crippen LogP contribution in [-0.4, -0.2) is 53.0 Å². The molecule has 5 nitrogen and oxygen atoms in total. The maximum Gasteiger partial charge on any atom is 0.410 e. The van der Waals surface area contributed by atoms with E-state index in [0.29, 0.717) is 13.1 Å². The molecule has 2 fully saturated rings. The third kappa shape index (κ3) is 2.78. The van der Waals surface area contributed by atoms with Crippen molar-refractivity contribution in [1.82, 2.24) is 10.2 Å². The van der Waals surface area contributed by atoms with Gasteiger partial charge < -0.3 is 20.1 Å². The van der Waals surface area contributed by atoms with E-state index < -0.39 is 5.60 Å². The van der Waals surface area contributed by atoms with Gasteiger partial charge in [-0.1, -0.05) is 0 Å². The van der Waals surface area contributed by atoms with Gasteiger partial charge in [0, 0.05) is 18.6 Å². The van der Waals surface area contributed by atoms with Gasteiger partial charge in [-0.05, 0) is 46.6 Å². The number of hydrogen-bond donors (Lipinski definition) is 2. The molecule has 2 N–H and O–H groups in total. The summed E-state index contributed by atoms with van der Waals surface area (Å²) < 4.78 is 5.36. The molecule has 18 heavy (non-hydrogen) atoms. The number of nitrogens with zero attached hydrogens (tertiary/aromatic N) is 1. The molecule has 1 unspecified atom stereocenters. The first-order chi connectivity index (χ1) is 8.32. The molecule has 2 aliphatic heterocycles. The van der Waals surface area contributed by atoms with Crippen molar-refractivity contribution in [2.45, 2.75) is 57.3 Å². The van der Waals surface area contributed by atoms with E-state index in [1.54, 1.807) is 4.90 Å². The van der Waals surface area contributed by atoms with Gasteiger partial charge in [0.05, 0.1) is 6.10 Å². The second-order valence-corrected chi connectivity index (χ2v) is 6.35. The molecule has 0 bridgehead atoms. The van der Waals surface area contributed by atoms with Crippen LogP contribution in [0.5, 0.6) is 0 Å². The summed E-state index contributed by atoms with van der Waals surface area (Å²) in [4.78, 5) is 13.7. The fraction of sp³-hybridized carbons (Fsp3) is 0.923. The van der Waals surface area contributed by atoms with Gasteiger partial charge in [-0.15, -0.1) is 0 Å². The number of aliphatic hydroxyl groups excluding tert-OH is 1. The van der Waals surface area contributed by atoms with E-state index >= 15 is 0 Å². The average molecular weight is 256 g/mol. The topological polar surface area (TPSA) is 61.8 Å². The molecule has 104 valence electrons.